The van der Waals surface area contributed by atoms with Gasteiger partial charge in [-0.1, -0.05) is 18.2 Å². The van der Waals surface area contributed by atoms with Gasteiger partial charge in [-0.15, -0.1) is 0 Å². The minimum Gasteiger partial charge on any atom is -0.350 e. The molecule has 27 heavy (non-hydrogen) atoms. The van der Waals surface area contributed by atoms with Crippen molar-refractivity contribution in [3.05, 3.63) is 34.9 Å². The molecule has 6 nitrogen and oxygen atoms in total. The molecule has 3 rings (SSSR count). The summed E-state index contributed by atoms with van der Waals surface area (Å²) in [6.07, 6.45) is 5.50. The molecule has 0 saturated carbocycles. The number of urea groups is 1. The molecule has 1 unspecified atom stereocenters. The molecule has 146 valence electrons. The zero-order valence-electron chi connectivity index (χ0n) is 16.4. The maximum Gasteiger partial charge on any atom is 0.325 e. The summed E-state index contributed by atoms with van der Waals surface area (Å²) in [5.41, 5.74) is 3.10. The first-order valence-electron chi connectivity index (χ1n) is 9.83. The highest BCUT2D eigenvalue weighted by Crippen LogP contribution is 2.25. The van der Waals surface area contributed by atoms with Crippen molar-refractivity contribution in [1.29, 1.82) is 0 Å². The molecular weight excluding hydrogens is 342 g/mol. The lowest BCUT2D eigenvalue weighted by molar-refractivity contribution is -0.130. The second kappa shape index (κ2) is 7.71. The van der Waals surface area contributed by atoms with Crippen molar-refractivity contribution in [2.24, 2.45) is 0 Å². The molecule has 2 N–H and O–H groups in total. The van der Waals surface area contributed by atoms with Crippen molar-refractivity contribution >= 4 is 17.8 Å². The molecule has 1 heterocycles. The maximum absolute atomic E-state index is 12.3. The lowest BCUT2D eigenvalue weighted by Gasteiger charge is -2.20. The van der Waals surface area contributed by atoms with E-state index >= 15 is 0 Å². The van der Waals surface area contributed by atoms with Crippen LogP contribution in [0.25, 0.3) is 0 Å². The highest BCUT2D eigenvalue weighted by atomic mass is 16.2. The number of imide groups is 1. The van der Waals surface area contributed by atoms with Crippen molar-refractivity contribution in [3.8, 4) is 0 Å². The zero-order chi connectivity index (χ0) is 19.6. The number of nitrogens with zero attached hydrogens (tertiary/aromatic N) is 1. The molecule has 1 aliphatic heterocycles. The number of nitrogens with one attached hydrogen (secondary N) is 2. The average molecular weight is 371 g/mol. The van der Waals surface area contributed by atoms with Gasteiger partial charge in [-0.2, -0.15) is 0 Å². The third-order valence-electron chi connectivity index (χ3n) is 5.48. The molecule has 2 aliphatic rings. The summed E-state index contributed by atoms with van der Waals surface area (Å²) in [5.74, 6) is -0.304. The second-order valence-electron chi connectivity index (χ2n) is 8.14. The van der Waals surface area contributed by atoms with Crippen molar-refractivity contribution in [2.45, 2.75) is 70.9 Å². The van der Waals surface area contributed by atoms with E-state index in [1.165, 1.54) is 28.9 Å². The maximum atomic E-state index is 12.3. The van der Waals surface area contributed by atoms with E-state index in [1.54, 1.807) is 13.8 Å². The largest absolute Gasteiger partial charge is 0.350 e. The van der Waals surface area contributed by atoms with Gasteiger partial charge in [0, 0.05) is 13.0 Å². The summed E-state index contributed by atoms with van der Waals surface area (Å²) >= 11 is 0. The first-order chi connectivity index (χ1) is 12.8. The molecule has 0 bridgehead atoms. The predicted molar refractivity (Wildman–Crippen MR) is 103 cm³/mol. The molecule has 1 aromatic rings. The first-order valence-corrected chi connectivity index (χ1v) is 9.83. The number of rotatable bonds is 6. The Balaban J connectivity index is 1.48. The van der Waals surface area contributed by atoms with Crippen molar-refractivity contribution in [2.75, 3.05) is 6.54 Å². The SMILES string of the molecule is CC(NC(=O)CCCN1C(=O)NC(C)(C)C1=O)c1ccc2c(c1)CCCC2. The summed E-state index contributed by atoms with van der Waals surface area (Å²) in [7, 11) is 0. The van der Waals surface area contributed by atoms with Gasteiger partial charge in [-0.25, -0.2) is 4.79 Å². The van der Waals surface area contributed by atoms with E-state index in [4.69, 9.17) is 0 Å². The van der Waals surface area contributed by atoms with Crippen molar-refractivity contribution < 1.29 is 14.4 Å². The standard InChI is InChI=1S/C21H29N3O3/c1-14(16-11-10-15-7-4-5-8-17(15)13-16)22-18(25)9-6-12-24-19(26)21(2,3)23-20(24)27/h10-11,13-14H,4-9,12H2,1-3H3,(H,22,25)(H,23,27). The smallest absolute Gasteiger partial charge is 0.325 e. The van der Waals surface area contributed by atoms with Crippen LogP contribution in [0, 0.1) is 0 Å². The van der Waals surface area contributed by atoms with Gasteiger partial charge in [0.1, 0.15) is 5.54 Å². The molecule has 6 heteroatoms. The summed E-state index contributed by atoms with van der Waals surface area (Å²) in [6.45, 7) is 5.61. The van der Waals surface area contributed by atoms with Crippen LogP contribution in [-0.4, -0.2) is 34.8 Å². The van der Waals surface area contributed by atoms with Crippen LogP contribution in [0.4, 0.5) is 4.79 Å². The molecule has 0 spiro atoms. The fourth-order valence-electron chi connectivity index (χ4n) is 3.84. The molecular formula is C21H29N3O3. The monoisotopic (exact) mass is 371 g/mol. The van der Waals surface area contributed by atoms with Gasteiger partial charge >= 0.3 is 6.03 Å². The highest BCUT2D eigenvalue weighted by molar-refractivity contribution is 6.06. The molecule has 1 aromatic carbocycles. The predicted octanol–water partition coefficient (Wildman–Crippen LogP) is 2.85. The third kappa shape index (κ3) is 4.31. The van der Waals surface area contributed by atoms with E-state index in [9.17, 15) is 14.4 Å². The van der Waals surface area contributed by atoms with Gasteiger partial charge < -0.3 is 10.6 Å². The quantitative estimate of drug-likeness (QED) is 0.755. The van der Waals surface area contributed by atoms with Crippen LogP contribution in [0.1, 0.15) is 69.2 Å². The van der Waals surface area contributed by atoms with E-state index in [-0.39, 0.29) is 36.9 Å². The summed E-state index contributed by atoms with van der Waals surface area (Å²) in [6, 6.07) is 6.07. The van der Waals surface area contributed by atoms with Crippen LogP contribution >= 0.6 is 0 Å². The molecule has 1 atom stereocenters. The molecule has 0 radical (unpaired) electrons. The zero-order valence-corrected chi connectivity index (χ0v) is 16.4. The number of carbonyl (C=O) groups is 3. The van der Waals surface area contributed by atoms with Gasteiger partial charge in [0.15, 0.2) is 0 Å². The Morgan fingerprint density at radius 1 is 1.22 bits per heavy atom. The number of carbonyl (C=O) groups excluding carboxylic acids is 3. The van der Waals surface area contributed by atoms with Gasteiger partial charge in [0.25, 0.3) is 5.91 Å². The average Bonchev–Trinajstić information content (AvgIpc) is 2.82. The minimum atomic E-state index is -0.861. The Hall–Kier alpha value is -2.37. The van der Waals surface area contributed by atoms with Crippen LogP contribution in [0.15, 0.2) is 18.2 Å². The normalized spacial score (nSPS) is 19.4. The number of benzene rings is 1. The van der Waals surface area contributed by atoms with Crippen LogP contribution < -0.4 is 10.6 Å². The Labute approximate surface area is 160 Å². The van der Waals surface area contributed by atoms with Crippen LogP contribution in [0.3, 0.4) is 0 Å². The Morgan fingerprint density at radius 2 is 1.93 bits per heavy atom. The minimum absolute atomic E-state index is 0.0552. The number of aryl methyl sites for hydroxylation is 2. The van der Waals surface area contributed by atoms with E-state index in [0.717, 1.165) is 18.4 Å². The number of amides is 4. The number of hydrogen-bond acceptors (Lipinski definition) is 3. The highest BCUT2D eigenvalue weighted by Gasteiger charge is 2.43. The van der Waals surface area contributed by atoms with E-state index in [0.29, 0.717) is 6.42 Å². The van der Waals surface area contributed by atoms with Gasteiger partial charge in [-0.05, 0) is 69.6 Å². The molecule has 0 aromatic heterocycles. The van der Waals surface area contributed by atoms with Gasteiger partial charge in [-0.3, -0.25) is 14.5 Å². The fourth-order valence-corrected chi connectivity index (χ4v) is 3.84. The molecule has 4 amide bonds. The Bertz CT molecular complexity index is 757. The van der Waals surface area contributed by atoms with Crippen LogP contribution in [0.2, 0.25) is 0 Å². The van der Waals surface area contributed by atoms with E-state index in [1.807, 2.05) is 6.92 Å². The summed E-state index contributed by atoms with van der Waals surface area (Å²) in [4.78, 5) is 37.4. The number of hydrogen-bond donors (Lipinski definition) is 2. The van der Waals surface area contributed by atoms with E-state index in [2.05, 4.69) is 28.8 Å². The summed E-state index contributed by atoms with van der Waals surface area (Å²) < 4.78 is 0. The van der Waals surface area contributed by atoms with E-state index < -0.39 is 5.54 Å². The van der Waals surface area contributed by atoms with Gasteiger partial charge in [0.05, 0.1) is 6.04 Å². The lowest BCUT2D eigenvalue weighted by Crippen LogP contribution is -2.40. The Kier molecular flexibility index (Phi) is 5.53. The van der Waals surface area contributed by atoms with Crippen molar-refractivity contribution in [1.82, 2.24) is 15.5 Å². The summed E-state index contributed by atoms with van der Waals surface area (Å²) in [5, 5.41) is 5.67. The van der Waals surface area contributed by atoms with Gasteiger partial charge in [0.2, 0.25) is 5.91 Å². The Morgan fingerprint density at radius 3 is 2.59 bits per heavy atom. The first kappa shape index (κ1) is 19.4. The van der Waals surface area contributed by atoms with Crippen LogP contribution in [0.5, 0.6) is 0 Å². The lowest BCUT2D eigenvalue weighted by atomic mass is 9.89. The molecule has 1 fully saturated rings. The number of fused-ring (bicyclic) bond motifs is 1. The van der Waals surface area contributed by atoms with Crippen molar-refractivity contribution in [3.63, 3.8) is 0 Å². The molecule has 1 aliphatic carbocycles. The molecule has 1 saturated heterocycles. The fraction of sp³-hybridized carbons (Fsp3) is 0.571. The van der Waals surface area contributed by atoms with Crippen LogP contribution in [-0.2, 0) is 22.4 Å². The third-order valence-corrected chi connectivity index (χ3v) is 5.48. The second-order valence-corrected chi connectivity index (χ2v) is 8.14. The topological polar surface area (TPSA) is 78.5 Å².